The van der Waals surface area contributed by atoms with Crippen molar-refractivity contribution in [1.82, 2.24) is 0 Å². The van der Waals surface area contributed by atoms with Gasteiger partial charge in [-0.1, -0.05) is 6.58 Å². The van der Waals surface area contributed by atoms with Gasteiger partial charge in [0.05, 0.1) is 0 Å². The summed E-state index contributed by atoms with van der Waals surface area (Å²) in [5.41, 5.74) is 0.998. The van der Waals surface area contributed by atoms with Gasteiger partial charge in [0.2, 0.25) is 0 Å². The van der Waals surface area contributed by atoms with E-state index in [-0.39, 0.29) is 0 Å². The van der Waals surface area contributed by atoms with E-state index in [0.717, 1.165) is 5.57 Å². The lowest BCUT2D eigenvalue weighted by atomic mass is 10.4. The number of aliphatic imine (C=N–C) groups is 1. The first-order chi connectivity index (χ1) is 2.77. The van der Waals surface area contributed by atoms with Gasteiger partial charge in [-0.25, -0.2) is 0 Å². The standard InChI is InChI=1S/C5H9N/c1-5(2)4-6-3/h4H,1H2,2-3H3/b6-4+. The normalized spacial score (nSPS) is 9.67. The van der Waals surface area contributed by atoms with Crippen molar-refractivity contribution in [3.05, 3.63) is 12.2 Å². The molecule has 0 unspecified atom stereocenters. The topological polar surface area (TPSA) is 12.4 Å². The van der Waals surface area contributed by atoms with E-state index in [2.05, 4.69) is 11.6 Å². The molecule has 0 bridgehead atoms. The van der Waals surface area contributed by atoms with Crippen molar-refractivity contribution in [1.29, 1.82) is 0 Å². The molecule has 0 saturated carbocycles. The van der Waals surface area contributed by atoms with Crippen molar-refractivity contribution in [3.8, 4) is 0 Å². The Labute approximate surface area is 38.4 Å². The first-order valence-corrected chi connectivity index (χ1v) is 1.85. The minimum Gasteiger partial charge on any atom is -0.296 e. The number of allylic oxidation sites excluding steroid dienone is 1. The van der Waals surface area contributed by atoms with Crippen LogP contribution in [0.2, 0.25) is 0 Å². The van der Waals surface area contributed by atoms with Crippen molar-refractivity contribution < 1.29 is 0 Å². The Morgan fingerprint density at radius 3 is 2.33 bits per heavy atom. The van der Waals surface area contributed by atoms with Crippen LogP contribution in [0.15, 0.2) is 17.1 Å². The van der Waals surface area contributed by atoms with Gasteiger partial charge in [0.25, 0.3) is 0 Å². The van der Waals surface area contributed by atoms with Gasteiger partial charge in [0.1, 0.15) is 0 Å². The molecule has 1 heteroatoms. The maximum atomic E-state index is 3.71. The summed E-state index contributed by atoms with van der Waals surface area (Å²) in [6, 6.07) is 0. The first-order valence-electron chi connectivity index (χ1n) is 1.85. The predicted molar refractivity (Wildman–Crippen MR) is 29.2 cm³/mol. The number of hydrogen-bond acceptors (Lipinski definition) is 1. The summed E-state index contributed by atoms with van der Waals surface area (Å²) in [5, 5.41) is 0. The van der Waals surface area contributed by atoms with Crippen LogP contribution in [0.4, 0.5) is 0 Å². The maximum absolute atomic E-state index is 3.71. The molecular weight excluding hydrogens is 74.1 g/mol. The summed E-state index contributed by atoms with van der Waals surface area (Å²) in [6.07, 6.45) is 1.72. The predicted octanol–water partition coefficient (Wildman–Crippen LogP) is 1.26. The van der Waals surface area contributed by atoms with E-state index < -0.39 is 0 Å². The van der Waals surface area contributed by atoms with Crippen molar-refractivity contribution in [2.45, 2.75) is 6.92 Å². The Balaban J connectivity index is 3.30. The number of hydrogen-bond donors (Lipinski definition) is 0. The highest BCUT2D eigenvalue weighted by Gasteiger charge is 1.65. The molecule has 0 fully saturated rings. The fraction of sp³-hybridized carbons (Fsp3) is 0.400. The smallest absolute Gasteiger partial charge is 0.0277 e. The van der Waals surface area contributed by atoms with Crippen LogP contribution in [0.3, 0.4) is 0 Å². The number of nitrogens with zero attached hydrogens (tertiary/aromatic N) is 1. The molecule has 0 heterocycles. The van der Waals surface area contributed by atoms with Gasteiger partial charge in [0, 0.05) is 13.3 Å². The molecule has 0 N–H and O–H groups in total. The van der Waals surface area contributed by atoms with Crippen LogP contribution in [0.1, 0.15) is 6.92 Å². The largest absolute Gasteiger partial charge is 0.296 e. The maximum Gasteiger partial charge on any atom is 0.0277 e. The van der Waals surface area contributed by atoms with Crippen molar-refractivity contribution in [2.24, 2.45) is 4.99 Å². The lowest BCUT2D eigenvalue weighted by Gasteiger charge is -1.75. The van der Waals surface area contributed by atoms with Crippen LogP contribution in [0.5, 0.6) is 0 Å². The third-order valence-corrected chi connectivity index (χ3v) is 0.349. The third-order valence-electron chi connectivity index (χ3n) is 0.349. The SMILES string of the molecule is C=C(C)/C=N/C. The minimum atomic E-state index is 0.998. The zero-order valence-corrected chi connectivity index (χ0v) is 4.23. The quantitative estimate of drug-likeness (QED) is 0.423. The second-order valence-electron chi connectivity index (χ2n) is 1.23. The molecule has 1 nitrogen and oxygen atoms in total. The molecule has 0 aromatic rings. The Bertz CT molecular complexity index is 72.0. The molecule has 0 saturated heterocycles. The molecule has 0 aromatic carbocycles. The lowest BCUT2D eigenvalue weighted by Crippen LogP contribution is -1.68. The molecule has 0 spiro atoms. The summed E-state index contributed by atoms with van der Waals surface area (Å²) < 4.78 is 0. The van der Waals surface area contributed by atoms with Crippen molar-refractivity contribution in [2.75, 3.05) is 7.05 Å². The van der Waals surface area contributed by atoms with E-state index in [0.29, 0.717) is 0 Å². The summed E-state index contributed by atoms with van der Waals surface area (Å²) >= 11 is 0. The Morgan fingerprint density at radius 2 is 2.33 bits per heavy atom. The molecule has 0 aliphatic carbocycles. The van der Waals surface area contributed by atoms with Gasteiger partial charge in [-0.2, -0.15) is 0 Å². The van der Waals surface area contributed by atoms with Crippen molar-refractivity contribution >= 4 is 6.21 Å². The first kappa shape index (κ1) is 5.41. The molecule has 0 aliphatic rings. The fourth-order valence-corrected chi connectivity index (χ4v) is 0.220. The van der Waals surface area contributed by atoms with E-state index >= 15 is 0 Å². The van der Waals surface area contributed by atoms with Gasteiger partial charge in [-0.05, 0) is 12.5 Å². The highest BCUT2D eigenvalue weighted by Crippen LogP contribution is 1.75. The molecule has 0 aromatic heterocycles. The van der Waals surface area contributed by atoms with Crippen LogP contribution in [0, 0.1) is 0 Å². The van der Waals surface area contributed by atoms with Crippen LogP contribution in [-0.4, -0.2) is 13.3 Å². The molecule has 0 atom stereocenters. The van der Waals surface area contributed by atoms with Crippen LogP contribution < -0.4 is 0 Å². The average Bonchev–Trinajstić information content (AvgIpc) is 1.35. The monoisotopic (exact) mass is 83.1 g/mol. The summed E-state index contributed by atoms with van der Waals surface area (Å²) in [5.74, 6) is 0. The zero-order chi connectivity index (χ0) is 4.99. The van der Waals surface area contributed by atoms with E-state index in [9.17, 15) is 0 Å². The molecule has 0 aliphatic heterocycles. The van der Waals surface area contributed by atoms with E-state index in [1.807, 2.05) is 6.92 Å². The Kier molecular flexibility index (Phi) is 2.38. The Morgan fingerprint density at radius 1 is 1.83 bits per heavy atom. The van der Waals surface area contributed by atoms with E-state index in [1.165, 1.54) is 0 Å². The van der Waals surface area contributed by atoms with E-state index in [4.69, 9.17) is 0 Å². The minimum absolute atomic E-state index is 0.998. The van der Waals surface area contributed by atoms with Gasteiger partial charge in [-0.3, -0.25) is 4.99 Å². The second-order valence-corrected chi connectivity index (χ2v) is 1.23. The fourth-order valence-electron chi connectivity index (χ4n) is 0.220. The van der Waals surface area contributed by atoms with E-state index in [1.54, 1.807) is 13.3 Å². The van der Waals surface area contributed by atoms with Crippen LogP contribution >= 0.6 is 0 Å². The third kappa shape index (κ3) is 3.41. The van der Waals surface area contributed by atoms with Gasteiger partial charge >= 0.3 is 0 Å². The van der Waals surface area contributed by atoms with Crippen LogP contribution in [0.25, 0.3) is 0 Å². The summed E-state index contributed by atoms with van der Waals surface area (Å²) in [7, 11) is 1.73. The molecule has 0 radical (unpaired) electrons. The highest BCUT2D eigenvalue weighted by molar-refractivity contribution is 5.76. The van der Waals surface area contributed by atoms with Crippen LogP contribution in [-0.2, 0) is 0 Å². The molecule has 6 heavy (non-hydrogen) atoms. The van der Waals surface area contributed by atoms with Gasteiger partial charge in [-0.15, -0.1) is 0 Å². The molecule has 0 amide bonds. The Hall–Kier alpha value is -0.590. The molecule has 0 rings (SSSR count). The lowest BCUT2D eigenvalue weighted by molar-refractivity contribution is 1.45. The van der Waals surface area contributed by atoms with Gasteiger partial charge < -0.3 is 0 Å². The van der Waals surface area contributed by atoms with Crippen molar-refractivity contribution in [3.63, 3.8) is 0 Å². The van der Waals surface area contributed by atoms with Gasteiger partial charge in [0.15, 0.2) is 0 Å². The molecular formula is C5H9N. The zero-order valence-electron chi connectivity index (χ0n) is 4.23. The summed E-state index contributed by atoms with van der Waals surface area (Å²) in [4.78, 5) is 3.71. The number of rotatable bonds is 1. The highest BCUT2D eigenvalue weighted by atomic mass is 14.6. The molecule has 34 valence electrons. The summed E-state index contributed by atoms with van der Waals surface area (Å²) in [6.45, 7) is 5.51. The average molecular weight is 83.1 g/mol. The second kappa shape index (κ2) is 2.64.